The Balaban J connectivity index is 2.22. The van der Waals surface area contributed by atoms with E-state index in [9.17, 15) is 4.79 Å². The first-order valence-corrected chi connectivity index (χ1v) is 11.1. The summed E-state index contributed by atoms with van der Waals surface area (Å²) in [6, 6.07) is 0. The molecule has 0 radical (unpaired) electrons. The Bertz CT molecular complexity index is 951. The van der Waals surface area contributed by atoms with E-state index in [-0.39, 0.29) is 17.6 Å². The van der Waals surface area contributed by atoms with Crippen LogP contribution in [0.15, 0.2) is 21.4 Å². The Morgan fingerprint density at radius 1 is 0.893 bits per heavy atom. The molecular formula is C20H21I2N3O3. The van der Waals surface area contributed by atoms with Crippen molar-refractivity contribution >= 4 is 51.0 Å². The molecule has 0 N–H and O–H groups in total. The third-order valence-electron chi connectivity index (χ3n) is 4.23. The molecule has 0 aliphatic heterocycles. The molecule has 0 saturated carbocycles. The normalized spacial score (nSPS) is 11.6. The predicted molar refractivity (Wildman–Crippen MR) is 123 cm³/mol. The van der Waals surface area contributed by atoms with E-state index in [1.807, 2.05) is 0 Å². The van der Waals surface area contributed by atoms with Gasteiger partial charge in [-0.1, -0.05) is 27.7 Å². The summed E-state index contributed by atoms with van der Waals surface area (Å²) < 4.78 is 13.1. The molecule has 8 heteroatoms. The molecule has 0 fully saturated rings. The Labute approximate surface area is 191 Å². The van der Waals surface area contributed by atoms with E-state index in [1.165, 1.54) is 0 Å². The van der Waals surface area contributed by atoms with Crippen molar-refractivity contribution in [3.63, 3.8) is 0 Å². The van der Waals surface area contributed by atoms with Gasteiger partial charge in [-0.15, -0.1) is 0 Å². The molecule has 0 aliphatic carbocycles. The Kier molecular flexibility index (Phi) is 6.58. The molecule has 3 aromatic heterocycles. The SMILES string of the molecule is CC(=O)Cc1c(I)c(-c2nc(C(C)C)co2)nc(-c2nc(C(C)C)co2)c1I. The van der Waals surface area contributed by atoms with E-state index in [2.05, 4.69) is 82.8 Å². The van der Waals surface area contributed by atoms with Crippen molar-refractivity contribution in [1.29, 1.82) is 0 Å². The summed E-state index contributed by atoms with van der Waals surface area (Å²) in [6.45, 7) is 9.80. The minimum atomic E-state index is 0.0736. The largest absolute Gasteiger partial charge is 0.443 e. The van der Waals surface area contributed by atoms with Gasteiger partial charge < -0.3 is 8.83 Å². The Morgan fingerprint density at radius 2 is 1.32 bits per heavy atom. The molecule has 3 rings (SSSR count). The maximum atomic E-state index is 11.9. The van der Waals surface area contributed by atoms with Crippen LogP contribution in [-0.4, -0.2) is 20.7 Å². The highest BCUT2D eigenvalue weighted by atomic mass is 127. The molecule has 0 saturated heterocycles. The van der Waals surface area contributed by atoms with Crippen LogP contribution in [0.25, 0.3) is 23.2 Å². The van der Waals surface area contributed by atoms with Crippen LogP contribution in [0.4, 0.5) is 0 Å². The molecule has 6 nitrogen and oxygen atoms in total. The summed E-state index contributed by atoms with van der Waals surface area (Å²) in [7, 11) is 0. The molecule has 28 heavy (non-hydrogen) atoms. The standard InChI is InChI=1S/C20H21I2N3O3/c1-9(2)13-7-27-19(23-13)17-15(21)12(6-11(5)26)16(22)18(25-17)20-24-14(8-28-20)10(3)4/h7-10H,6H2,1-5H3. The fourth-order valence-corrected chi connectivity index (χ4v) is 4.74. The number of rotatable bonds is 6. The lowest BCUT2D eigenvalue weighted by Crippen LogP contribution is -2.07. The first-order valence-electron chi connectivity index (χ1n) is 8.97. The smallest absolute Gasteiger partial charge is 0.246 e. The summed E-state index contributed by atoms with van der Waals surface area (Å²) >= 11 is 4.42. The average molecular weight is 605 g/mol. The molecule has 0 atom stereocenters. The Morgan fingerprint density at radius 3 is 1.64 bits per heavy atom. The molecule has 0 bridgehead atoms. The van der Waals surface area contributed by atoms with Crippen LogP contribution in [0.1, 0.15) is 63.4 Å². The van der Waals surface area contributed by atoms with Crippen LogP contribution < -0.4 is 0 Å². The lowest BCUT2D eigenvalue weighted by molar-refractivity contribution is -0.116. The second kappa shape index (κ2) is 8.60. The topological polar surface area (TPSA) is 82.0 Å². The molecule has 3 heterocycles. The number of nitrogens with zero attached hydrogens (tertiary/aromatic N) is 3. The van der Waals surface area contributed by atoms with E-state index in [0.29, 0.717) is 29.6 Å². The van der Waals surface area contributed by atoms with Gasteiger partial charge in [0.25, 0.3) is 0 Å². The highest BCUT2D eigenvalue weighted by Gasteiger charge is 2.25. The zero-order valence-corrected chi connectivity index (χ0v) is 20.7. The van der Waals surface area contributed by atoms with Crippen molar-refractivity contribution in [2.24, 2.45) is 0 Å². The van der Waals surface area contributed by atoms with Gasteiger partial charge in [0.05, 0.1) is 11.4 Å². The number of hydrogen-bond donors (Lipinski definition) is 0. The van der Waals surface area contributed by atoms with Gasteiger partial charge in [0.2, 0.25) is 11.8 Å². The lowest BCUT2D eigenvalue weighted by atomic mass is 10.1. The van der Waals surface area contributed by atoms with Gasteiger partial charge in [-0.3, -0.25) is 4.79 Å². The Hall–Kier alpha value is -1.30. The van der Waals surface area contributed by atoms with Crippen LogP contribution in [0, 0.1) is 7.14 Å². The molecule has 0 unspecified atom stereocenters. The van der Waals surface area contributed by atoms with Crippen LogP contribution in [0.2, 0.25) is 0 Å². The second-order valence-electron chi connectivity index (χ2n) is 7.26. The number of aromatic nitrogens is 3. The predicted octanol–water partition coefficient (Wildman–Crippen LogP) is 5.98. The number of carbonyl (C=O) groups excluding carboxylic acids is 1. The zero-order chi connectivity index (χ0) is 20.6. The summed E-state index contributed by atoms with van der Waals surface area (Å²) in [5.74, 6) is 1.44. The fraction of sp³-hybridized carbons (Fsp3) is 0.400. The molecule has 0 amide bonds. The third-order valence-corrected chi connectivity index (χ3v) is 6.55. The number of carbonyl (C=O) groups is 1. The number of pyridine rings is 1. The molecular weight excluding hydrogens is 584 g/mol. The maximum absolute atomic E-state index is 11.9. The first-order chi connectivity index (χ1) is 13.2. The molecule has 148 valence electrons. The third kappa shape index (κ3) is 4.32. The zero-order valence-electron chi connectivity index (χ0n) is 16.3. The van der Waals surface area contributed by atoms with E-state index < -0.39 is 0 Å². The van der Waals surface area contributed by atoms with Crippen molar-refractivity contribution in [2.45, 2.75) is 52.9 Å². The van der Waals surface area contributed by atoms with Crippen LogP contribution in [-0.2, 0) is 11.2 Å². The molecule has 0 spiro atoms. The number of hydrogen-bond acceptors (Lipinski definition) is 6. The minimum Gasteiger partial charge on any atom is -0.443 e. The highest BCUT2D eigenvalue weighted by Crippen LogP contribution is 2.35. The van der Waals surface area contributed by atoms with Gasteiger partial charge in [-0.05, 0) is 69.5 Å². The second-order valence-corrected chi connectivity index (χ2v) is 9.42. The fourth-order valence-electron chi connectivity index (χ4n) is 2.60. The van der Waals surface area contributed by atoms with Crippen molar-refractivity contribution in [3.8, 4) is 23.2 Å². The number of Topliss-reactive ketones (excluding diaryl/α,β-unsaturated/α-hetero) is 1. The highest BCUT2D eigenvalue weighted by molar-refractivity contribution is 14.1. The number of oxazole rings is 2. The van der Waals surface area contributed by atoms with E-state index >= 15 is 0 Å². The van der Waals surface area contributed by atoms with Gasteiger partial charge in [0.1, 0.15) is 29.7 Å². The van der Waals surface area contributed by atoms with E-state index in [1.54, 1.807) is 19.5 Å². The molecule has 3 aromatic rings. The molecule has 0 aromatic carbocycles. The van der Waals surface area contributed by atoms with Crippen molar-refractivity contribution in [2.75, 3.05) is 0 Å². The van der Waals surface area contributed by atoms with Gasteiger partial charge >= 0.3 is 0 Å². The van der Waals surface area contributed by atoms with Crippen molar-refractivity contribution in [3.05, 3.63) is 36.6 Å². The van der Waals surface area contributed by atoms with Gasteiger partial charge in [0, 0.05) is 13.6 Å². The maximum Gasteiger partial charge on any atom is 0.246 e. The summed E-state index contributed by atoms with van der Waals surface area (Å²) in [6.07, 6.45) is 3.61. The summed E-state index contributed by atoms with van der Waals surface area (Å²) in [5, 5.41) is 0. The van der Waals surface area contributed by atoms with Gasteiger partial charge in [-0.2, -0.15) is 0 Å². The molecule has 0 aliphatic rings. The van der Waals surface area contributed by atoms with Crippen molar-refractivity contribution in [1.82, 2.24) is 15.0 Å². The van der Waals surface area contributed by atoms with E-state index in [4.69, 9.17) is 13.8 Å². The number of ketones is 1. The number of halogens is 2. The lowest BCUT2D eigenvalue weighted by Gasteiger charge is -2.12. The quantitative estimate of drug-likeness (QED) is 0.322. The van der Waals surface area contributed by atoms with Gasteiger partial charge in [-0.25, -0.2) is 15.0 Å². The van der Waals surface area contributed by atoms with Crippen LogP contribution >= 0.6 is 45.2 Å². The average Bonchev–Trinajstić information content (AvgIpc) is 3.28. The van der Waals surface area contributed by atoms with E-state index in [0.717, 1.165) is 24.1 Å². The van der Waals surface area contributed by atoms with Crippen LogP contribution in [0.3, 0.4) is 0 Å². The summed E-state index contributed by atoms with van der Waals surface area (Å²) in [5.41, 5.74) is 3.81. The first kappa shape index (κ1) is 21.4. The van der Waals surface area contributed by atoms with Crippen LogP contribution in [0.5, 0.6) is 0 Å². The van der Waals surface area contributed by atoms with Gasteiger partial charge in [0.15, 0.2) is 0 Å². The summed E-state index contributed by atoms with van der Waals surface area (Å²) in [4.78, 5) is 25.9. The monoisotopic (exact) mass is 605 g/mol. The minimum absolute atomic E-state index is 0.0736. The van der Waals surface area contributed by atoms with Crippen molar-refractivity contribution < 1.29 is 13.6 Å².